The van der Waals surface area contributed by atoms with Crippen LogP contribution >= 0.6 is 0 Å². The first-order valence-electron chi connectivity index (χ1n) is 8.97. The van der Waals surface area contributed by atoms with E-state index in [2.05, 4.69) is 47.5 Å². The van der Waals surface area contributed by atoms with Crippen LogP contribution in [0.4, 0.5) is 5.69 Å². The van der Waals surface area contributed by atoms with E-state index in [0.29, 0.717) is 26.2 Å². The number of anilines is 1. The van der Waals surface area contributed by atoms with Gasteiger partial charge in [-0.2, -0.15) is 0 Å². The molecule has 0 saturated carbocycles. The molecule has 0 bridgehead atoms. The van der Waals surface area contributed by atoms with Crippen molar-refractivity contribution in [3.8, 4) is 5.75 Å². The van der Waals surface area contributed by atoms with E-state index < -0.39 is 0 Å². The van der Waals surface area contributed by atoms with Gasteiger partial charge in [-0.25, -0.2) is 0 Å². The summed E-state index contributed by atoms with van der Waals surface area (Å²) in [6.45, 7) is 4.37. The van der Waals surface area contributed by atoms with Crippen LogP contribution in [0.1, 0.15) is 17.5 Å². The van der Waals surface area contributed by atoms with Gasteiger partial charge < -0.3 is 19.7 Å². The summed E-state index contributed by atoms with van der Waals surface area (Å²) in [5, 5.41) is 2.90. The van der Waals surface area contributed by atoms with Crippen LogP contribution in [0.15, 0.2) is 48.5 Å². The lowest BCUT2D eigenvalue weighted by atomic mass is 10.1. The molecule has 0 radical (unpaired) electrons. The Morgan fingerprint density at radius 2 is 2.00 bits per heavy atom. The monoisotopic (exact) mass is 354 g/mol. The van der Waals surface area contributed by atoms with Gasteiger partial charge in [0, 0.05) is 20.2 Å². The Kier molecular flexibility index (Phi) is 6.12. The van der Waals surface area contributed by atoms with Crippen molar-refractivity contribution in [2.75, 3.05) is 31.8 Å². The Bertz CT molecular complexity index is 730. The fourth-order valence-corrected chi connectivity index (χ4v) is 3.14. The van der Waals surface area contributed by atoms with Crippen molar-refractivity contribution < 1.29 is 14.3 Å². The highest BCUT2D eigenvalue weighted by molar-refractivity contribution is 5.77. The molecule has 1 N–H and O–H groups in total. The third kappa shape index (κ3) is 4.55. The number of rotatable bonds is 7. The fraction of sp³-hybridized carbons (Fsp3) is 0.381. The minimum atomic E-state index is -0.00579. The van der Waals surface area contributed by atoms with E-state index in [1.807, 2.05) is 18.2 Å². The van der Waals surface area contributed by atoms with Gasteiger partial charge in [0.15, 0.2) is 0 Å². The van der Waals surface area contributed by atoms with Crippen LogP contribution in [0.25, 0.3) is 0 Å². The van der Waals surface area contributed by atoms with Gasteiger partial charge in [-0.05, 0) is 24.6 Å². The van der Waals surface area contributed by atoms with Crippen LogP contribution in [0.3, 0.4) is 0 Å². The molecule has 0 aromatic heterocycles. The largest absolute Gasteiger partial charge is 0.489 e. The van der Waals surface area contributed by atoms with Gasteiger partial charge in [-0.15, -0.1) is 0 Å². The molecule has 0 fully saturated rings. The van der Waals surface area contributed by atoms with Crippen LogP contribution in [0.2, 0.25) is 0 Å². The Morgan fingerprint density at radius 1 is 1.23 bits per heavy atom. The maximum Gasteiger partial charge on any atom is 0.222 e. The molecular formula is C21H26N2O3. The molecule has 26 heavy (non-hydrogen) atoms. The Morgan fingerprint density at radius 3 is 2.77 bits per heavy atom. The number of methoxy groups -OCH3 is 1. The predicted octanol–water partition coefficient (Wildman–Crippen LogP) is 2.92. The SMILES string of the molecule is COCCNC(=O)C[C@H]1COc2ccccc2N1Cc1ccc(C)cc1. The maximum absolute atomic E-state index is 12.3. The minimum absolute atomic E-state index is 0.00579. The zero-order valence-corrected chi connectivity index (χ0v) is 15.4. The minimum Gasteiger partial charge on any atom is -0.489 e. The number of amides is 1. The first-order chi connectivity index (χ1) is 12.7. The molecule has 138 valence electrons. The highest BCUT2D eigenvalue weighted by Gasteiger charge is 2.29. The molecule has 1 aliphatic rings. The van der Waals surface area contributed by atoms with E-state index in [1.165, 1.54) is 11.1 Å². The molecule has 0 unspecified atom stereocenters. The summed E-state index contributed by atoms with van der Waals surface area (Å²) >= 11 is 0. The molecule has 0 aliphatic carbocycles. The van der Waals surface area contributed by atoms with Crippen LogP contribution < -0.4 is 15.0 Å². The highest BCUT2D eigenvalue weighted by atomic mass is 16.5. The Hall–Kier alpha value is -2.53. The Balaban J connectivity index is 1.76. The van der Waals surface area contributed by atoms with Crippen molar-refractivity contribution in [3.63, 3.8) is 0 Å². The van der Waals surface area contributed by atoms with Gasteiger partial charge >= 0.3 is 0 Å². The topological polar surface area (TPSA) is 50.8 Å². The quantitative estimate of drug-likeness (QED) is 0.777. The lowest BCUT2D eigenvalue weighted by Crippen LogP contribution is -2.45. The van der Waals surface area contributed by atoms with E-state index in [4.69, 9.17) is 9.47 Å². The molecule has 1 heterocycles. The summed E-state index contributed by atoms with van der Waals surface area (Å²) in [7, 11) is 1.63. The van der Waals surface area contributed by atoms with E-state index in [0.717, 1.165) is 18.0 Å². The molecule has 5 heteroatoms. The molecule has 1 aliphatic heterocycles. The van der Waals surface area contributed by atoms with Gasteiger partial charge in [0.05, 0.1) is 24.8 Å². The molecule has 2 aromatic carbocycles. The van der Waals surface area contributed by atoms with Crippen LogP contribution in [-0.2, 0) is 16.1 Å². The van der Waals surface area contributed by atoms with Crippen LogP contribution in [0, 0.1) is 6.92 Å². The average Bonchev–Trinajstić information content (AvgIpc) is 2.65. The van der Waals surface area contributed by atoms with E-state index in [9.17, 15) is 4.79 Å². The zero-order chi connectivity index (χ0) is 18.4. The molecule has 0 spiro atoms. The standard InChI is InChI=1S/C21H26N2O3/c1-16-7-9-17(10-8-16)14-23-18(13-21(24)22-11-12-25-2)15-26-20-6-4-3-5-19(20)23/h3-10,18H,11-15H2,1-2H3,(H,22,24)/t18-/m0/s1. The van der Waals surface area contributed by atoms with Crippen molar-refractivity contribution in [3.05, 3.63) is 59.7 Å². The number of carbonyl (C=O) groups excluding carboxylic acids is 1. The van der Waals surface area contributed by atoms with Gasteiger partial charge in [-0.3, -0.25) is 4.79 Å². The van der Waals surface area contributed by atoms with Crippen LogP contribution in [0.5, 0.6) is 5.75 Å². The number of nitrogens with one attached hydrogen (secondary N) is 1. The second-order valence-corrected chi connectivity index (χ2v) is 6.59. The first-order valence-corrected chi connectivity index (χ1v) is 8.97. The number of aryl methyl sites for hydroxylation is 1. The summed E-state index contributed by atoms with van der Waals surface area (Å²) in [6, 6.07) is 16.5. The summed E-state index contributed by atoms with van der Waals surface area (Å²) in [4.78, 5) is 14.6. The number of hydrogen-bond donors (Lipinski definition) is 1. The van der Waals surface area contributed by atoms with Crippen molar-refractivity contribution in [1.82, 2.24) is 5.32 Å². The molecule has 2 aromatic rings. The summed E-state index contributed by atoms with van der Waals surface area (Å²) < 4.78 is 10.9. The number of fused-ring (bicyclic) bond motifs is 1. The number of nitrogens with zero attached hydrogens (tertiary/aromatic N) is 1. The predicted molar refractivity (Wildman–Crippen MR) is 103 cm³/mol. The molecule has 0 saturated heterocycles. The van der Waals surface area contributed by atoms with Gasteiger partial charge in [0.2, 0.25) is 5.91 Å². The summed E-state index contributed by atoms with van der Waals surface area (Å²) in [6.07, 6.45) is 0.393. The van der Waals surface area contributed by atoms with Gasteiger partial charge in [0.25, 0.3) is 0 Å². The molecule has 1 amide bonds. The highest BCUT2D eigenvalue weighted by Crippen LogP contribution is 2.35. The van der Waals surface area contributed by atoms with Crippen molar-refractivity contribution >= 4 is 11.6 Å². The zero-order valence-electron chi connectivity index (χ0n) is 15.4. The summed E-state index contributed by atoms with van der Waals surface area (Å²) in [5.41, 5.74) is 3.50. The number of para-hydroxylation sites is 2. The summed E-state index contributed by atoms with van der Waals surface area (Å²) in [5.74, 6) is 0.889. The number of ether oxygens (including phenoxy) is 2. The average molecular weight is 354 g/mol. The van der Waals surface area contributed by atoms with Gasteiger partial charge in [0.1, 0.15) is 12.4 Å². The van der Waals surface area contributed by atoms with E-state index in [1.54, 1.807) is 7.11 Å². The van der Waals surface area contributed by atoms with Gasteiger partial charge in [-0.1, -0.05) is 42.0 Å². The second kappa shape index (κ2) is 8.72. The van der Waals surface area contributed by atoms with Crippen molar-refractivity contribution in [2.45, 2.75) is 25.9 Å². The number of carbonyl (C=O) groups is 1. The Labute approximate surface area is 154 Å². The van der Waals surface area contributed by atoms with E-state index >= 15 is 0 Å². The van der Waals surface area contributed by atoms with Crippen molar-refractivity contribution in [2.24, 2.45) is 0 Å². The fourth-order valence-electron chi connectivity index (χ4n) is 3.14. The lowest BCUT2D eigenvalue weighted by molar-refractivity contribution is -0.121. The third-order valence-corrected chi connectivity index (χ3v) is 4.57. The molecule has 3 rings (SSSR count). The normalized spacial score (nSPS) is 15.9. The molecule has 1 atom stereocenters. The molecular weight excluding hydrogens is 328 g/mol. The lowest BCUT2D eigenvalue weighted by Gasteiger charge is -2.38. The number of benzene rings is 2. The van der Waals surface area contributed by atoms with Crippen LogP contribution in [-0.4, -0.2) is 38.8 Å². The van der Waals surface area contributed by atoms with Crippen molar-refractivity contribution in [1.29, 1.82) is 0 Å². The first kappa shape index (κ1) is 18.3. The smallest absolute Gasteiger partial charge is 0.222 e. The number of hydrogen-bond acceptors (Lipinski definition) is 4. The third-order valence-electron chi connectivity index (χ3n) is 4.57. The van der Waals surface area contributed by atoms with E-state index in [-0.39, 0.29) is 11.9 Å². The second-order valence-electron chi connectivity index (χ2n) is 6.59. The molecule has 5 nitrogen and oxygen atoms in total. The maximum atomic E-state index is 12.3.